The Hall–Kier alpha value is -1.13. The fourth-order valence-electron chi connectivity index (χ4n) is 1.86. The van der Waals surface area contributed by atoms with E-state index in [2.05, 4.69) is 28.3 Å². The average molecular weight is 206 g/mol. The van der Waals surface area contributed by atoms with E-state index in [1.165, 1.54) is 11.3 Å². The van der Waals surface area contributed by atoms with Crippen LogP contribution in [-0.2, 0) is 13.0 Å². The SMILES string of the molecule is CN1CCc2nc(NCCN)ccc2C1. The molecule has 0 bridgehead atoms. The van der Waals surface area contributed by atoms with E-state index in [1.807, 2.05) is 6.07 Å². The molecule has 0 aromatic carbocycles. The van der Waals surface area contributed by atoms with Gasteiger partial charge in [0, 0.05) is 38.3 Å². The molecule has 1 aliphatic heterocycles. The first-order chi connectivity index (χ1) is 7.29. The van der Waals surface area contributed by atoms with E-state index in [4.69, 9.17) is 5.73 Å². The summed E-state index contributed by atoms with van der Waals surface area (Å²) in [5.74, 6) is 0.948. The predicted octanol–water partition coefficient (Wildman–Crippen LogP) is 0.440. The van der Waals surface area contributed by atoms with E-state index in [-0.39, 0.29) is 0 Å². The number of nitrogens with one attached hydrogen (secondary N) is 1. The fraction of sp³-hybridized carbons (Fsp3) is 0.545. The predicted molar refractivity (Wildman–Crippen MR) is 61.8 cm³/mol. The van der Waals surface area contributed by atoms with Crippen molar-refractivity contribution in [3.8, 4) is 0 Å². The van der Waals surface area contributed by atoms with Gasteiger partial charge in [-0.15, -0.1) is 0 Å². The minimum atomic E-state index is 0.640. The number of hydrogen-bond acceptors (Lipinski definition) is 4. The third kappa shape index (κ3) is 2.46. The maximum Gasteiger partial charge on any atom is 0.126 e. The summed E-state index contributed by atoms with van der Waals surface area (Å²) >= 11 is 0. The Morgan fingerprint density at radius 2 is 2.40 bits per heavy atom. The molecule has 0 amide bonds. The van der Waals surface area contributed by atoms with Crippen molar-refractivity contribution < 1.29 is 0 Å². The van der Waals surface area contributed by atoms with Gasteiger partial charge in [0.2, 0.25) is 0 Å². The van der Waals surface area contributed by atoms with Gasteiger partial charge in [-0.05, 0) is 18.7 Å². The van der Waals surface area contributed by atoms with E-state index >= 15 is 0 Å². The van der Waals surface area contributed by atoms with Crippen molar-refractivity contribution in [2.24, 2.45) is 5.73 Å². The van der Waals surface area contributed by atoms with Gasteiger partial charge >= 0.3 is 0 Å². The zero-order chi connectivity index (χ0) is 10.7. The van der Waals surface area contributed by atoms with Gasteiger partial charge in [-0.1, -0.05) is 6.07 Å². The number of likely N-dealkylation sites (N-methyl/N-ethyl adjacent to an activating group) is 1. The van der Waals surface area contributed by atoms with E-state index in [0.29, 0.717) is 6.54 Å². The number of nitrogens with zero attached hydrogens (tertiary/aromatic N) is 2. The fourth-order valence-corrected chi connectivity index (χ4v) is 1.86. The van der Waals surface area contributed by atoms with Crippen LogP contribution < -0.4 is 11.1 Å². The van der Waals surface area contributed by atoms with Crippen LogP contribution in [0.4, 0.5) is 5.82 Å². The molecule has 0 atom stereocenters. The Labute approximate surface area is 90.5 Å². The van der Waals surface area contributed by atoms with Crippen molar-refractivity contribution in [1.82, 2.24) is 9.88 Å². The summed E-state index contributed by atoms with van der Waals surface area (Å²) < 4.78 is 0. The van der Waals surface area contributed by atoms with Gasteiger partial charge < -0.3 is 16.0 Å². The largest absolute Gasteiger partial charge is 0.369 e. The Kier molecular flexibility index (Phi) is 3.18. The first-order valence-corrected chi connectivity index (χ1v) is 5.41. The van der Waals surface area contributed by atoms with Crippen molar-refractivity contribution in [2.75, 3.05) is 32.0 Å². The highest BCUT2D eigenvalue weighted by Crippen LogP contribution is 2.17. The van der Waals surface area contributed by atoms with Crippen LogP contribution in [0.2, 0.25) is 0 Å². The molecule has 0 unspecified atom stereocenters. The van der Waals surface area contributed by atoms with Crippen LogP contribution in [0, 0.1) is 0 Å². The van der Waals surface area contributed by atoms with Crippen LogP contribution in [-0.4, -0.2) is 36.6 Å². The number of pyridine rings is 1. The smallest absolute Gasteiger partial charge is 0.126 e. The summed E-state index contributed by atoms with van der Waals surface area (Å²) in [6.45, 7) is 3.53. The lowest BCUT2D eigenvalue weighted by atomic mass is 10.1. The quantitative estimate of drug-likeness (QED) is 0.753. The standard InChI is InChI=1S/C11H18N4/c1-15-7-4-10-9(8-15)2-3-11(14-10)13-6-5-12/h2-3H,4-8,12H2,1H3,(H,13,14). The van der Waals surface area contributed by atoms with Crippen molar-refractivity contribution in [3.05, 3.63) is 23.4 Å². The normalized spacial score (nSPS) is 16.1. The minimum absolute atomic E-state index is 0.640. The molecule has 0 radical (unpaired) electrons. The molecule has 1 aliphatic rings. The Bertz CT molecular complexity index is 337. The molecule has 2 heterocycles. The van der Waals surface area contributed by atoms with Crippen molar-refractivity contribution in [2.45, 2.75) is 13.0 Å². The number of rotatable bonds is 3. The lowest BCUT2D eigenvalue weighted by Gasteiger charge is -2.24. The third-order valence-corrected chi connectivity index (χ3v) is 2.69. The molecule has 0 saturated carbocycles. The van der Waals surface area contributed by atoms with Crippen LogP contribution >= 0.6 is 0 Å². The van der Waals surface area contributed by atoms with Gasteiger partial charge in [-0.2, -0.15) is 0 Å². The molecule has 0 saturated heterocycles. The molecule has 4 heteroatoms. The summed E-state index contributed by atoms with van der Waals surface area (Å²) in [5, 5.41) is 3.21. The average Bonchev–Trinajstić information content (AvgIpc) is 2.26. The number of fused-ring (bicyclic) bond motifs is 1. The lowest BCUT2D eigenvalue weighted by molar-refractivity contribution is 0.310. The van der Waals surface area contributed by atoms with Crippen LogP contribution in [0.3, 0.4) is 0 Å². The summed E-state index contributed by atoms with van der Waals surface area (Å²) in [5.41, 5.74) is 8.02. The molecule has 1 aromatic rings. The zero-order valence-corrected chi connectivity index (χ0v) is 9.16. The first kappa shape index (κ1) is 10.4. The molecular formula is C11H18N4. The minimum Gasteiger partial charge on any atom is -0.369 e. The second-order valence-corrected chi connectivity index (χ2v) is 4.01. The van der Waals surface area contributed by atoms with Crippen molar-refractivity contribution >= 4 is 5.82 Å². The van der Waals surface area contributed by atoms with E-state index in [0.717, 1.165) is 31.9 Å². The van der Waals surface area contributed by atoms with E-state index < -0.39 is 0 Å². The summed E-state index contributed by atoms with van der Waals surface area (Å²) in [4.78, 5) is 6.91. The number of nitrogens with two attached hydrogens (primary N) is 1. The maximum atomic E-state index is 5.44. The molecule has 1 aromatic heterocycles. The van der Waals surface area contributed by atoms with Gasteiger partial charge in [-0.3, -0.25) is 0 Å². The van der Waals surface area contributed by atoms with E-state index in [9.17, 15) is 0 Å². The van der Waals surface area contributed by atoms with E-state index in [1.54, 1.807) is 0 Å². The Balaban J connectivity index is 2.12. The van der Waals surface area contributed by atoms with Gasteiger partial charge in [0.25, 0.3) is 0 Å². The van der Waals surface area contributed by atoms with Crippen molar-refractivity contribution in [3.63, 3.8) is 0 Å². The number of aromatic nitrogens is 1. The molecule has 0 fully saturated rings. The molecule has 0 spiro atoms. The summed E-state index contributed by atoms with van der Waals surface area (Å²) in [7, 11) is 2.14. The number of hydrogen-bond donors (Lipinski definition) is 2. The lowest BCUT2D eigenvalue weighted by Crippen LogP contribution is -2.27. The maximum absolute atomic E-state index is 5.44. The molecule has 82 valence electrons. The highest BCUT2D eigenvalue weighted by Gasteiger charge is 2.14. The summed E-state index contributed by atoms with van der Waals surface area (Å²) in [6, 6.07) is 4.20. The second kappa shape index (κ2) is 4.59. The molecular weight excluding hydrogens is 188 g/mol. The molecule has 15 heavy (non-hydrogen) atoms. The highest BCUT2D eigenvalue weighted by molar-refractivity contribution is 5.39. The first-order valence-electron chi connectivity index (χ1n) is 5.41. The van der Waals surface area contributed by atoms with Crippen molar-refractivity contribution in [1.29, 1.82) is 0 Å². The number of anilines is 1. The second-order valence-electron chi connectivity index (χ2n) is 4.01. The molecule has 4 nitrogen and oxygen atoms in total. The third-order valence-electron chi connectivity index (χ3n) is 2.69. The van der Waals surface area contributed by atoms with Crippen LogP contribution in [0.5, 0.6) is 0 Å². The van der Waals surface area contributed by atoms with Crippen LogP contribution in [0.15, 0.2) is 12.1 Å². The topological polar surface area (TPSA) is 54.2 Å². The molecule has 0 aliphatic carbocycles. The Morgan fingerprint density at radius 3 is 3.20 bits per heavy atom. The zero-order valence-electron chi connectivity index (χ0n) is 9.16. The van der Waals surface area contributed by atoms with Crippen LogP contribution in [0.1, 0.15) is 11.3 Å². The van der Waals surface area contributed by atoms with Gasteiger partial charge in [0.15, 0.2) is 0 Å². The van der Waals surface area contributed by atoms with Crippen LogP contribution in [0.25, 0.3) is 0 Å². The molecule has 2 rings (SSSR count). The summed E-state index contributed by atoms with van der Waals surface area (Å²) in [6.07, 6.45) is 1.05. The monoisotopic (exact) mass is 206 g/mol. The van der Waals surface area contributed by atoms with Gasteiger partial charge in [0.1, 0.15) is 5.82 Å². The molecule has 3 N–H and O–H groups in total. The van der Waals surface area contributed by atoms with Gasteiger partial charge in [0.05, 0.1) is 0 Å². The Morgan fingerprint density at radius 1 is 1.53 bits per heavy atom. The van der Waals surface area contributed by atoms with Gasteiger partial charge in [-0.25, -0.2) is 4.98 Å². The highest BCUT2D eigenvalue weighted by atomic mass is 15.1.